The zero-order valence-electron chi connectivity index (χ0n) is 7.49. The molecule has 0 spiro atoms. The minimum absolute atomic E-state index is 0.318. The standard InChI is InChI=1S/C9H14N2O/c1-6-9(4-11(2)10-6)8-3-7(8)5-12/h4,7-8,12H,3,5H2,1-2H3. The van der Waals surface area contributed by atoms with Crippen molar-refractivity contribution in [2.45, 2.75) is 19.3 Å². The van der Waals surface area contributed by atoms with Crippen LogP contribution in [0, 0.1) is 12.8 Å². The van der Waals surface area contributed by atoms with Crippen molar-refractivity contribution in [1.29, 1.82) is 0 Å². The number of aliphatic hydroxyl groups excluding tert-OH is 1. The van der Waals surface area contributed by atoms with Gasteiger partial charge >= 0.3 is 0 Å². The molecular weight excluding hydrogens is 152 g/mol. The number of aliphatic hydroxyl groups is 1. The van der Waals surface area contributed by atoms with Crippen molar-refractivity contribution < 1.29 is 5.11 Å². The van der Waals surface area contributed by atoms with Gasteiger partial charge in [-0.15, -0.1) is 0 Å². The second-order valence-electron chi connectivity index (χ2n) is 3.63. The Morgan fingerprint density at radius 3 is 2.92 bits per heavy atom. The summed E-state index contributed by atoms with van der Waals surface area (Å²) in [6.45, 7) is 2.35. The van der Waals surface area contributed by atoms with E-state index in [1.165, 1.54) is 5.56 Å². The van der Waals surface area contributed by atoms with E-state index < -0.39 is 0 Å². The van der Waals surface area contributed by atoms with Crippen LogP contribution in [-0.4, -0.2) is 21.5 Å². The maximum atomic E-state index is 8.91. The van der Waals surface area contributed by atoms with Crippen LogP contribution in [0.15, 0.2) is 6.20 Å². The van der Waals surface area contributed by atoms with Crippen LogP contribution in [0.3, 0.4) is 0 Å². The average Bonchev–Trinajstić information content (AvgIpc) is 2.72. The van der Waals surface area contributed by atoms with Crippen molar-refractivity contribution in [2.75, 3.05) is 6.61 Å². The van der Waals surface area contributed by atoms with E-state index in [2.05, 4.69) is 11.3 Å². The SMILES string of the molecule is Cc1nn(C)cc1C1CC1CO. The maximum Gasteiger partial charge on any atom is 0.0628 e. The molecule has 2 unspecified atom stereocenters. The molecule has 1 heterocycles. The number of rotatable bonds is 2. The van der Waals surface area contributed by atoms with Crippen molar-refractivity contribution in [1.82, 2.24) is 9.78 Å². The first-order chi connectivity index (χ1) is 5.72. The third kappa shape index (κ3) is 1.14. The van der Waals surface area contributed by atoms with Gasteiger partial charge in [0.25, 0.3) is 0 Å². The topological polar surface area (TPSA) is 38.0 Å². The van der Waals surface area contributed by atoms with Gasteiger partial charge < -0.3 is 5.11 Å². The Morgan fingerprint density at radius 2 is 2.50 bits per heavy atom. The molecule has 0 aliphatic heterocycles. The van der Waals surface area contributed by atoms with Crippen molar-refractivity contribution >= 4 is 0 Å². The largest absolute Gasteiger partial charge is 0.396 e. The van der Waals surface area contributed by atoms with E-state index in [1.807, 2.05) is 18.7 Å². The maximum absolute atomic E-state index is 8.91. The van der Waals surface area contributed by atoms with Crippen LogP contribution < -0.4 is 0 Å². The minimum Gasteiger partial charge on any atom is -0.396 e. The number of aryl methyl sites for hydroxylation is 2. The summed E-state index contributed by atoms with van der Waals surface area (Å²) in [6.07, 6.45) is 3.19. The quantitative estimate of drug-likeness (QED) is 0.706. The van der Waals surface area contributed by atoms with Crippen molar-refractivity contribution in [3.8, 4) is 0 Å². The van der Waals surface area contributed by atoms with Crippen LogP contribution in [-0.2, 0) is 7.05 Å². The third-order valence-corrected chi connectivity index (χ3v) is 2.61. The van der Waals surface area contributed by atoms with Crippen LogP contribution in [0.25, 0.3) is 0 Å². The van der Waals surface area contributed by atoms with E-state index >= 15 is 0 Å². The molecule has 3 heteroatoms. The van der Waals surface area contributed by atoms with Gasteiger partial charge in [-0.3, -0.25) is 4.68 Å². The van der Waals surface area contributed by atoms with E-state index in [0.29, 0.717) is 18.4 Å². The molecular formula is C9H14N2O. The van der Waals surface area contributed by atoms with Gasteiger partial charge in [-0.1, -0.05) is 0 Å². The molecule has 0 radical (unpaired) electrons. The Kier molecular flexibility index (Phi) is 1.68. The first kappa shape index (κ1) is 7.80. The summed E-state index contributed by atoms with van der Waals surface area (Å²) in [6, 6.07) is 0. The Hall–Kier alpha value is -0.830. The molecule has 1 fully saturated rings. The molecule has 1 N–H and O–H groups in total. The summed E-state index contributed by atoms with van der Waals surface area (Å²) in [4.78, 5) is 0. The van der Waals surface area contributed by atoms with Crippen molar-refractivity contribution in [3.05, 3.63) is 17.5 Å². The van der Waals surface area contributed by atoms with Gasteiger partial charge in [0.15, 0.2) is 0 Å². The van der Waals surface area contributed by atoms with Gasteiger partial charge in [-0.2, -0.15) is 5.10 Å². The second-order valence-corrected chi connectivity index (χ2v) is 3.63. The van der Waals surface area contributed by atoms with Crippen LogP contribution in [0.4, 0.5) is 0 Å². The number of aromatic nitrogens is 2. The van der Waals surface area contributed by atoms with Crippen LogP contribution in [0.2, 0.25) is 0 Å². The summed E-state index contributed by atoms with van der Waals surface area (Å²) < 4.78 is 1.84. The fourth-order valence-corrected chi connectivity index (χ4v) is 1.81. The normalized spacial score (nSPS) is 27.6. The fraction of sp³-hybridized carbons (Fsp3) is 0.667. The van der Waals surface area contributed by atoms with Gasteiger partial charge in [0.1, 0.15) is 0 Å². The molecule has 3 nitrogen and oxygen atoms in total. The Bertz CT molecular complexity index is 293. The lowest BCUT2D eigenvalue weighted by Crippen LogP contribution is -1.88. The van der Waals surface area contributed by atoms with Gasteiger partial charge in [-0.05, 0) is 30.7 Å². The average molecular weight is 166 g/mol. The van der Waals surface area contributed by atoms with Gasteiger partial charge in [0.05, 0.1) is 5.69 Å². The molecule has 0 bridgehead atoms. The molecule has 1 aliphatic carbocycles. The van der Waals surface area contributed by atoms with E-state index in [-0.39, 0.29) is 0 Å². The Morgan fingerprint density at radius 1 is 1.75 bits per heavy atom. The van der Waals surface area contributed by atoms with Crippen LogP contribution >= 0.6 is 0 Å². The molecule has 0 aromatic carbocycles. The Labute approximate surface area is 72.0 Å². The molecule has 2 atom stereocenters. The molecule has 1 aromatic rings. The second kappa shape index (κ2) is 2.59. The molecule has 1 saturated carbocycles. The highest BCUT2D eigenvalue weighted by Crippen LogP contribution is 2.47. The zero-order valence-corrected chi connectivity index (χ0v) is 7.49. The van der Waals surface area contributed by atoms with E-state index in [4.69, 9.17) is 5.11 Å². The van der Waals surface area contributed by atoms with Crippen LogP contribution in [0.5, 0.6) is 0 Å². The lowest BCUT2D eigenvalue weighted by atomic mass is 10.1. The number of hydrogen-bond acceptors (Lipinski definition) is 2. The highest BCUT2D eigenvalue weighted by molar-refractivity contribution is 5.26. The highest BCUT2D eigenvalue weighted by Gasteiger charge is 2.39. The smallest absolute Gasteiger partial charge is 0.0628 e. The van der Waals surface area contributed by atoms with Crippen molar-refractivity contribution in [2.24, 2.45) is 13.0 Å². The minimum atomic E-state index is 0.318. The van der Waals surface area contributed by atoms with Gasteiger partial charge in [-0.25, -0.2) is 0 Å². The first-order valence-electron chi connectivity index (χ1n) is 4.33. The summed E-state index contributed by atoms with van der Waals surface area (Å²) in [5, 5.41) is 13.2. The first-order valence-corrected chi connectivity index (χ1v) is 4.33. The number of nitrogens with zero attached hydrogens (tertiary/aromatic N) is 2. The predicted octanol–water partition coefficient (Wildman–Crippen LogP) is 0.824. The van der Waals surface area contributed by atoms with E-state index in [1.54, 1.807) is 0 Å². The molecule has 0 saturated heterocycles. The zero-order chi connectivity index (χ0) is 8.72. The molecule has 1 aromatic heterocycles. The fourth-order valence-electron chi connectivity index (χ4n) is 1.81. The summed E-state index contributed by atoms with van der Waals surface area (Å²) in [5.74, 6) is 1.07. The summed E-state index contributed by atoms with van der Waals surface area (Å²) in [5.41, 5.74) is 2.43. The van der Waals surface area contributed by atoms with Gasteiger partial charge in [0, 0.05) is 19.9 Å². The molecule has 0 amide bonds. The molecule has 1 aliphatic rings. The van der Waals surface area contributed by atoms with Crippen LogP contribution in [0.1, 0.15) is 23.6 Å². The van der Waals surface area contributed by atoms with E-state index in [9.17, 15) is 0 Å². The summed E-state index contributed by atoms with van der Waals surface area (Å²) >= 11 is 0. The number of hydrogen-bond donors (Lipinski definition) is 1. The third-order valence-electron chi connectivity index (χ3n) is 2.61. The molecule has 12 heavy (non-hydrogen) atoms. The lowest BCUT2D eigenvalue weighted by molar-refractivity contribution is 0.274. The lowest BCUT2D eigenvalue weighted by Gasteiger charge is -1.93. The van der Waals surface area contributed by atoms with E-state index in [0.717, 1.165) is 12.1 Å². The predicted molar refractivity (Wildman–Crippen MR) is 45.9 cm³/mol. The monoisotopic (exact) mass is 166 g/mol. The highest BCUT2D eigenvalue weighted by atomic mass is 16.3. The molecule has 2 rings (SSSR count). The van der Waals surface area contributed by atoms with Crippen molar-refractivity contribution in [3.63, 3.8) is 0 Å². The Balaban J connectivity index is 2.19. The summed E-state index contributed by atoms with van der Waals surface area (Å²) in [7, 11) is 1.94. The molecule has 66 valence electrons. The van der Waals surface area contributed by atoms with Gasteiger partial charge in [0.2, 0.25) is 0 Å².